The van der Waals surface area contributed by atoms with E-state index in [-0.39, 0.29) is 24.1 Å². The van der Waals surface area contributed by atoms with Gasteiger partial charge in [0, 0.05) is 44.1 Å². The van der Waals surface area contributed by atoms with E-state index in [1.807, 2.05) is 0 Å². The minimum atomic E-state index is -2.82. The zero-order valence-corrected chi connectivity index (χ0v) is 17.6. The summed E-state index contributed by atoms with van der Waals surface area (Å²) < 4.78 is 33.1. The van der Waals surface area contributed by atoms with E-state index in [1.54, 1.807) is 12.1 Å². The molecule has 0 radical (unpaired) electrons. The Balaban J connectivity index is 1.76. The second kappa shape index (κ2) is 8.98. The minimum absolute atomic E-state index is 0.177. The number of nitrogens with zero attached hydrogens (tertiary/aromatic N) is 1. The highest BCUT2D eigenvalue weighted by atomic mass is 19.3. The Labute approximate surface area is 176 Å². The van der Waals surface area contributed by atoms with Gasteiger partial charge in [-0.25, -0.2) is 13.8 Å². The maximum Gasteiger partial charge on any atom is 0.249 e. The highest BCUT2D eigenvalue weighted by Gasteiger charge is 2.46. The number of aromatic nitrogens is 1. The van der Waals surface area contributed by atoms with Crippen molar-refractivity contribution in [1.82, 2.24) is 15.6 Å². The van der Waals surface area contributed by atoms with Crippen LogP contribution < -0.4 is 15.4 Å². The molecule has 2 heterocycles. The van der Waals surface area contributed by atoms with Crippen molar-refractivity contribution in [2.24, 2.45) is 0 Å². The monoisotopic (exact) mass is 423 g/mol. The van der Waals surface area contributed by atoms with Crippen LogP contribution in [0.15, 0.2) is 24.9 Å². The molecule has 0 saturated heterocycles. The highest BCUT2D eigenvalue weighted by molar-refractivity contribution is 5.73. The Morgan fingerprint density at radius 1 is 1.53 bits per heavy atom. The normalized spacial score (nSPS) is 21.7. The van der Waals surface area contributed by atoms with E-state index in [0.717, 1.165) is 31.7 Å². The largest absolute Gasteiger partial charge is 0.471 e. The molecule has 3 atom stereocenters. The van der Waals surface area contributed by atoms with Gasteiger partial charge in [-0.2, -0.15) is 0 Å². The molecule has 1 aliphatic heterocycles. The van der Waals surface area contributed by atoms with Crippen LogP contribution in [0.25, 0.3) is 0 Å². The first-order valence-corrected chi connectivity index (χ1v) is 10.5. The number of fused-ring (bicyclic) bond motifs is 1. The second-order valence-corrected chi connectivity index (χ2v) is 8.69. The number of amides is 1. The van der Waals surface area contributed by atoms with Crippen LogP contribution in [-0.4, -0.2) is 46.2 Å². The van der Waals surface area contributed by atoms with E-state index in [1.165, 1.54) is 13.1 Å². The van der Waals surface area contributed by atoms with Crippen LogP contribution in [0.4, 0.5) is 8.78 Å². The van der Waals surface area contributed by atoms with Gasteiger partial charge < -0.3 is 20.5 Å². The van der Waals surface area contributed by atoms with E-state index in [4.69, 9.17) is 4.74 Å². The van der Waals surface area contributed by atoms with Gasteiger partial charge in [-0.05, 0) is 44.2 Å². The van der Waals surface area contributed by atoms with Crippen LogP contribution in [0, 0.1) is 0 Å². The van der Waals surface area contributed by atoms with Crippen molar-refractivity contribution in [3.8, 4) is 5.88 Å². The Hall–Kier alpha value is -2.06. The molecule has 1 aliphatic carbocycles. The van der Waals surface area contributed by atoms with Crippen molar-refractivity contribution in [3.63, 3.8) is 0 Å². The first-order valence-electron chi connectivity index (χ1n) is 10.5. The average Bonchev–Trinajstić information content (AvgIpc) is 2.62. The summed E-state index contributed by atoms with van der Waals surface area (Å²) in [4.78, 5) is 15.8. The van der Waals surface area contributed by atoms with Crippen LogP contribution in [0.1, 0.15) is 63.1 Å². The number of carbonyl (C=O) groups is 1. The summed E-state index contributed by atoms with van der Waals surface area (Å²) in [5, 5.41) is 16.7. The fourth-order valence-electron chi connectivity index (χ4n) is 4.25. The van der Waals surface area contributed by atoms with Crippen molar-refractivity contribution >= 4 is 5.91 Å². The molecule has 0 unspecified atom stereocenters. The molecular weight excluding hydrogens is 392 g/mol. The first-order chi connectivity index (χ1) is 14.1. The number of aliphatic hydroxyl groups is 1. The third kappa shape index (κ3) is 5.55. The van der Waals surface area contributed by atoms with Gasteiger partial charge in [-0.15, -0.1) is 6.58 Å². The Morgan fingerprint density at radius 2 is 2.27 bits per heavy atom. The van der Waals surface area contributed by atoms with Gasteiger partial charge >= 0.3 is 0 Å². The van der Waals surface area contributed by atoms with Crippen molar-refractivity contribution in [1.29, 1.82) is 0 Å². The first kappa shape index (κ1) is 22.6. The number of hydrogen-bond donors (Lipinski definition) is 3. The quantitative estimate of drug-likeness (QED) is 0.532. The molecule has 2 aliphatic rings. The zero-order valence-electron chi connectivity index (χ0n) is 17.6. The van der Waals surface area contributed by atoms with Crippen LogP contribution in [0.3, 0.4) is 0 Å². The number of ether oxygens (including phenoxy) is 1. The second-order valence-electron chi connectivity index (χ2n) is 8.69. The maximum absolute atomic E-state index is 13.5. The van der Waals surface area contributed by atoms with Gasteiger partial charge in [-0.3, -0.25) is 4.79 Å². The summed E-state index contributed by atoms with van der Waals surface area (Å²) >= 11 is 0. The van der Waals surface area contributed by atoms with Crippen molar-refractivity contribution in [2.75, 3.05) is 6.54 Å². The zero-order chi connectivity index (χ0) is 21.9. The molecule has 30 heavy (non-hydrogen) atoms. The predicted octanol–water partition coefficient (Wildman–Crippen LogP) is 3.06. The van der Waals surface area contributed by atoms with E-state index < -0.39 is 24.5 Å². The molecule has 0 bridgehead atoms. The van der Waals surface area contributed by atoms with Crippen LogP contribution in [0.5, 0.6) is 5.88 Å². The average molecular weight is 424 g/mol. The van der Waals surface area contributed by atoms with Gasteiger partial charge in [0.1, 0.15) is 5.60 Å². The summed E-state index contributed by atoms with van der Waals surface area (Å²) in [7, 11) is 0. The molecule has 1 saturated carbocycles. The number of rotatable bonds is 9. The number of halogens is 2. The van der Waals surface area contributed by atoms with Gasteiger partial charge in [0.25, 0.3) is 0 Å². The molecule has 1 amide bonds. The van der Waals surface area contributed by atoms with Gasteiger partial charge in [0.2, 0.25) is 17.7 Å². The standard InChI is InChI=1S/C22H31F2N3O3/c1-4-6-17(27-14(2)28)19(29)13-25-18-11-22(7-5-8-22)30-20-16(18)9-15(12-26-20)10-21(3,23)24/h4,9,12,17-19,25,29H,1,5-8,10-11,13H2,2-3H3,(H,27,28)/t17-,18-,19+/m0/s1. The minimum Gasteiger partial charge on any atom is -0.471 e. The van der Waals surface area contributed by atoms with Crippen LogP contribution >= 0.6 is 0 Å². The topological polar surface area (TPSA) is 83.5 Å². The van der Waals surface area contributed by atoms with Crippen LogP contribution in [-0.2, 0) is 11.2 Å². The lowest BCUT2D eigenvalue weighted by Gasteiger charge is -2.47. The third-order valence-corrected chi connectivity index (χ3v) is 5.83. The smallest absolute Gasteiger partial charge is 0.249 e. The van der Waals surface area contributed by atoms with E-state index in [0.29, 0.717) is 24.3 Å². The molecule has 3 N–H and O–H groups in total. The maximum atomic E-state index is 13.5. The summed E-state index contributed by atoms with van der Waals surface area (Å²) in [6.07, 6.45) is 5.94. The Kier molecular flexibility index (Phi) is 6.77. The van der Waals surface area contributed by atoms with E-state index in [2.05, 4.69) is 22.2 Å². The summed E-state index contributed by atoms with van der Waals surface area (Å²) in [6, 6.07) is 1.10. The van der Waals surface area contributed by atoms with Gasteiger partial charge in [-0.1, -0.05) is 6.08 Å². The number of aliphatic hydroxyl groups excluding tert-OH is 1. The van der Waals surface area contributed by atoms with E-state index in [9.17, 15) is 18.7 Å². The molecule has 166 valence electrons. The molecule has 1 aromatic heterocycles. The van der Waals surface area contributed by atoms with Crippen molar-refractivity contribution in [3.05, 3.63) is 36.0 Å². The molecule has 6 nitrogen and oxygen atoms in total. The fourth-order valence-corrected chi connectivity index (χ4v) is 4.25. The lowest BCUT2D eigenvalue weighted by Crippen LogP contribution is -2.51. The number of hydrogen-bond acceptors (Lipinski definition) is 5. The summed E-state index contributed by atoms with van der Waals surface area (Å²) in [5.74, 6) is -2.57. The molecule has 0 aromatic carbocycles. The number of alkyl halides is 2. The van der Waals surface area contributed by atoms with Gasteiger partial charge in [0.05, 0.1) is 12.1 Å². The highest BCUT2D eigenvalue weighted by Crippen LogP contribution is 2.48. The summed E-state index contributed by atoms with van der Waals surface area (Å²) in [5.41, 5.74) is 0.905. The molecule has 1 spiro atoms. The van der Waals surface area contributed by atoms with E-state index >= 15 is 0 Å². The predicted molar refractivity (Wildman–Crippen MR) is 110 cm³/mol. The molecule has 3 rings (SSSR count). The molecule has 8 heteroatoms. The number of nitrogens with one attached hydrogen (secondary N) is 2. The molecular formula is C22H31F2N3O3. The Bertz CT molecular complexity index is 777. The fraction of sp³-hybridized carbons (Fsp3) is 0.636. The lowest BCUT2D eigenvalue weighted by atomic mass is 9.73. The third-order valence-electron chi connectivity index (χ3n) is 5.83. The Morgan fingerprint density at radius 3 is 2.83 bits per heavy atom. The van der Waals surface area contributed by atoms with Crippen molar-refractivity contribution < 1.29 is 23.4 Å². The van der Waals surface area contributed by atoms with Gasteiger partial charge in [0.15, 0.2) is 0 Å². The number of pyridine rings is 1. The summed E-state index contributed by atoms with van der Waals surface area (Å²) in [6.45, 7) is 6.20. The molecule has 1 fully saturated rings. The number of carbonyl (C=O) groups excluding carboxylic acids is 1. The van der Waals surface area contributed by atoms with Crippen molar-refractivity contribution in [2.45, 2.75) is 82.1 Å². The van der Waals surface area contributed by atoms with Crippen LogP contribution in [0.2, 0.25) is 0 Å². The lowest BCUT2D eigenvalue weighted by molar-refractivity contribution is -0.120. The SMILES string of the molecule is C=CC[C@H](NC(C)=O)[C@H](O)CN[C@H]1CC2(CCC2)Oc2ncc(CC(C)(F)F)cc21. The molecule has 1 aromatic rings.